The van der Waals surface area contributed by atoms with E-state index in [1.165, 1.54) is 11.8 Å². The van der Waals surface area contributed by atoms with Crippen LogP contribution in [-0.4, -0.2) is 44.6 Å². The van der Waals surface area contributed by atoms with Crippen molar-refractivity contribution in [2.45, 2.75) is 25.0 Å². The number of pyridine rings is 1. The minimum Gasteiger partial charge on any atom is -0.382 e. The van der Waals surface area contributed by atoms with Crippen LogP contribution in [0.4, 0.5) is 5.69 Å². The van der Waals surface area contributed by atoms with Crippen LogP contribution in [0.5, 0.6) is 0 Å². The number of anilines is 1. The van der Waals surface area contributed by atoms with E-state index >= 15 is 0 Å². The van der Waals surface area contributed by atoms with Gasteiger partial charge in [0, 0.05) is 48.4 Å². The van der Waals surface area contributed by atoms with Crippen LogP contribution in [0.3, 0.4) is 0 Å². The molecule has 2 heterocycles. The Hall–Kier alpha value is -2.42. The van der Waals surface area contributed by atoms with Crippen molar-refractivity contribution in [2.24, 2.45) is 0 Å². The van der Waals surface area contributed by atoms with Crippen molar-refractivity contribution in [1.29, 1.82) is 0 Å². The molecule has 0 aliphatic heterocycles. The van der Waals surface area contributed by atoms with Crippen molar-refractivity contribution in [3.05, 3.63) is 53.8 Å². The van der Waals surface area contributed by atoms with Crippen molar-refractivity contribution in [3.63, 3.8) is 0 Å². The van der Waals surface area contributed by atoms with E-state index in [9.17, 15) is 4.79 Å². The first kappa shape index (κ1) is 21.3. The Balaban J connectivity index is 1.67. The molecular weight excluding hydrogens is 410 g/mol. The van der Waals surface area contributed by atoms with E-state index in [1.54, 1.807) is 36.7 Å². The van der Waals surface area contributed by atoms with Crippen LogP contribution in [0.2, 0.25) is 5.02 Å². The van der Waals surface area contributed by atoms with Crippen molar-refractivity contribution in [3.8, 4) is 11.4 Å². The normalized spacial score (nSPS) is 10.8. The maximum Gasteiger partial charge on any atom is 0.234 e. The van der Waals surface area contributed by atoms with Crippen molar-refractivity contribution in [1.82, 2.24) is 19.7 Å². The van der Waals surface area contributed by atoms with Gasteiger partial charge in [-0.2, -0.15) is 0 Å². The molecule has 1 amide bonds. The van der Waals surface area contributed by atoms with E-state index in [0.717, 1.165) is 17.8 Å². The van der Waals surface area contributed by atoms with Gasteiger partial charge in [-0.05, 0) is 49.7 Å². The number of benzene rings is 1. The molecule has 152 valence electrons. The zero-order chi connectivity index (χ0) is 20.5. The number of ether oxygens (including phenoxy) is 1. The second-order valence-corrected chi connectivity index (χ2v) is 7.47. The first-order chi connectivity index (χ1) is 14.2. The molecule has 2 aromatic heterocycles. The number of hydrogen-bond donors (Lipinski definition) is 1. The van der Waals surface area contributed by atoms with Gasteiger partial charge in [0.15, 0.2) is 11.0 Å². The Morgan fingerprint density at radius 3 is 2.79 bits per heavy atom. The molecule has 0 saturated carbocycles. The zero-order valence-corrected chi connectivity index (χ0v) is 17.6. The predicted octanol–water partition coefficient (Wildman–Crippen LogP) is 4.15. The molecule has 3 aromatic rings. The van der Waals surface area contributed by atoms with Gasteiger partial charge < -0.3 is 14.6 Å². The summed E-state index contributed by atoms with van der Waals surface area (Å²) in [5.74, 6) is 0.832. The SMILES string of the molecule is CCOCCCn1c(SCC(=O)Nc2ccc(Cl)cc2)nnc1-c1cccnc1. The summed E-state index contributed by atoms with van der Waals surface area (Å²) in [6.45, 7) is 4.01. The molecule has 9 heteroatoms. The number of nitrogens with zero attached hydrogens (tertiary/aromatic N) is 4. The molecule has 0 spiro atoms. The maximum absolute atomic E-state index is 12.3. The lowest BCUT2D eigenvalue weighted by molar-refractivity contribution is -0.113. The highest BCUT2D eigenvalue weighted by Crippen LogP contribution is 2.24. The summed E-state index contributed by atoms with van der Waals surface area (Å²) in [4.78, 5) is 16.5. The summed E-state index contributed by atoms with van der Waals surface area (Å²) in [5, 5.41) is 12.8. The predicted molar refractivity (Wildman–Crippen MR) is 115 cm³/mol. The molecular formula is C20H22ClN5O2S. The molecule has 0 radical (unpaired) electrons. The summed E-state index contributed by atoms with van der Waals surface area (Å²) in [5.41, 5.74) is 1.59. The monoisotopic (exact) mass is 431 g/mol. The van der Waals surface area contributed by atoms with Gasteiger partial charge in [0.05, 0.1) is 5.75 Å². The lowest BCUT2D eigenvalue weighted by Gasteiger charge is -2.10. The summed E-state index contributed by atoms with van der Waals surface area (Å²) < 4.78 is 7.45. The van der Waals surface area contributed by atoms with Gasteiger partial charge >= 0.3 is 0 Å². The first-order valence-corrected chi connectivity index (χ1v) is 10.6. The largest absolute Gasteiger partial charge is 0.382 e. The number of aromatic nitrogens is 4. The molecule has 0 bridgehead atoms. The van der Waals surface area contributed by atoms with E-state index in [4.69, 9.17) is 16.3 Å². The molecule has 0 unspecified atom stereocenters. The molecule has 0 saturated heterocycles. The lowest BCUT2D eigenvalue weighted by Crippen LogP contribution is -2.14. The minimum absolute atomic E-state index is 0.121. The second-order valence-electron chi connectivity index (χ2n) is 6.09. The van der Waals surface area contributed by atoms with E-state index < -0.39 is 0 Å². The average Bonchev–Trinajstić information content (AvgIpc) is 3.15. The summed E-state index contributed by atoms with van der Waals surface area (Å²) in [7, 11) is 0. The third kappa shape index (κ3) is 6.28. The van der Waals surface area contributed by atoms with Gasteiger partial charge in [-0.3, -0.25) is 9.78 Å². The third-order valence-electron chi connectivity index (χ3n) is 3.97. The molecule has 0 fully saturated rings. The number of thioether (sulfide) groups is 1. The van der Waals surface area contributed by atoms with Crippen LogP contribution in [0.25, 0.3) is 11.4 Å². The van der Waals surface area contributed by atoms with Crippen molar-refractivity contribution < 1.29 is 9.53 Å². The molecule has 1 N–H and O–H groups in total. The van der Waals surface area contributed by atoms with Gasteiger partial charge in [0.2, 0.25) is 5.91 Å². The van der Waals surface area contributed by atoms with Crippen LogP contribution in [0.15, 0.2) is 53.9 Å². The Morgan fingerprint density at radius 2 is 2.07 bits per heavy atom. The van der Waals surface area contributed by atoms with Crippen LogP contribution < -0.4 is 5.32 Å². The topological polar surface area (TPSA) is 81.9 Å². The van der Waals surface area contributed by atoms with Gasteiger partial charge in [-0.15, -0.1) is 10.2 Å². The fourth-order valence-corrected chi connectivity index (χ4v) is 3.53. The fraction of sp³-hybridized carbons (Fsp3) is 0.300. The molecule has 3 rings (SSSR count). The van der Waals surface area contributed by atoms with Crippen LogP contribution in [-0.2, 0) is 16.1 Å². The highest BCUT2D eigenvalue weighted by atomic mass is 35.5. The van der Waals surface area contributed by atoms with Gasteiger partial charge in [-0.25, -0.2) is 0 Å². The highest BCUT2D eigenvalue weighted by Gasteiger charge is 2.16. The average molecular weight is 432 g/mol. The molecule has 1 aromatic carbocycles. The molecule has 7 nitrogen and oxygen atoms in total. The Kier molecular flexibility index (Phi) is 8.03. The van der Waals surface area contributed by atoms with Gasteiger partial charge in [-0.1, -0.05) is 23.4 Å². The number of hydrogen-bond acceptors (Lipinski definition) is 6. The summed E-state index contributed by atoms with van der Waals surface area (Å²) >= 11 is 7.22. The standard InChI is InChI=1S/C20H22ClN5O2S/c1-2-28-12-4-11-26-19(15-5-3-10-22-13-15)24-25-20(26)29-14-18(27)23-17-8-6-16(21)7-9-17/h3,5-10,13H,2,4,11-12,14H2,1H3,(H,23,27). The number of amides is 1. The third-order valence-corrected chi connectivity index (χ3v) is 5.19. The Morgan fingerprint density at radius 1 is 1.24 bits per heavy atom. The van der Waals surface area contributed by atoms with Crippen LogP contribution in [0, 0.1) is 0 Å². The summed E-state index contributed by atoms with van der Waals surface area (Å²) in [6.07, 6.45) is 4.30. The molecule has 0 aliphatic carbocycles. The maximum atomic E-state index is 12.3. The number of rotatable bonds is 10. The molecule has 29 heavy (non-hydrogen) atoms. The number of halogens is 1. The summed E-state index contributed by atoms with van der Waals surface area (Å²) in [6, 6.07) is 10.8. The molecule has 0 aliphatic rings. The molecule has 0 atom stereocenters. The fourth-order valence-electron chi connectivity index (χ4n) is 2.64. The van der Waals surface area contributed by atoms with E-state index in [1.807, 2.05) is 23.6 Å². The number of nitrogens with one attached hydrogen (secondary N) is 1. The van der Waals surface area contributed by atoms with Crippen molar-refractivity contribution in [2.75, 3.05) is 24.3 Å². The smallest absolute Gasteiger partial charge is 0.234 e. The number of carbonyl (C=O) groups excluding carboxylic acids is 1. The Bertz CT molecular complexity index is 918. The highest BCUT2D eigenvalue weighted by molar-refractivity contribution is 7.99. The van der Waals surface area contributed by atoms with E-state index in [0.29, 0.717) is 35.6 Å². The van der Waals surface area contributed by atoms with Crippen LogP contribution in [0.1, 0.15) is 13.3 Å². The Labute approximate surface area is 178 Å². The quantitative estimate of drug-likeness (QED) is 0.383. The van der Waals surface area contributed by atoms with Gasteiger partial charge in [0.1, 0.15) is 0 Å². The zero-order valence-electron chi connectivity index (χ0n) is 16.0. The second kappa shape index (κ2) is 10.9. The van der Waals surface area contributed by atoms with E-state index in [2.05, 4.69) is 20.5 Å². The minimum atomic E-state index is -0.121. The number of carbonyl (C=O) groups is 1. The van der Waals surface area contributed by atoms with Gasteiger partial charge in [0.25, 0.3) is 0 Å². The van der Waals surface area contributed by atoms with Crippen molar-refractivity contribution >= 4 is 35.0 Å². The van der Waals surface area contributed by atoms with E-state index in [-0.39, 0.29) is 11.7 Å². The lowest BCUT2D eigenvalue weighted by atomic mass is 10.2. The first-order valence-electron chi connectivity index (χ1n) is 9.27. The van der Waals surface area contributed by atoms with Crippen LogP contribution >= 0.6 is 23.4 Å².